The Labute approximate surface area is 122 Å². The lowest BCUT2D eigenvalue weighted by Crippen LogP contribution is -2.09. The van der Waals surface area contributed by atoms with Gasteiger partial charge in [-0.25, -0.2) is 4.98 Å². The first kappa shape index (κ1) is 15.4. The van der Waals surface area contributed by atoms with E-state index in [0.717, 1.165) is 28.8 Å². The number of hydrogen-bond donors (Lipinski definition) is 1. The molecule has 1 aromatic heterocycles. The Kier molecular flexibility index (Phi) is 4.21. The quantitative estimate of drug-likeness (QED) is 0.878. The van der Waals surface area contributed by atoms with Crippen molar-refractivity contribution in [2.24, 2.45) is 0 Å². The van der Waals surface area contributed by atoms with E-state index in [2.05, 4.69) is 10.3 Å². The molecule has 0 radical (unpaired) electrons. The van der Waals surface area contributed by atoms with E-state index in [1.54, 1.807) is 6.07 Å². The number of pyridine rings is 1. The van der Waals surface area contributed by atoms with Crippen molar-refractivity contribution in [3.63, 3.8) is 0 Å². The van der Waals surface area contributed by atoms with Crippen molar-refractivity contribution in [3.8, 4) is 11.3 Å². The average molecular weight is 294 g/mol. The van der Waals surface area contributed by atoms with Gasteiger partial charge in [0, 0.05) is 12.1 Å². The van der Waals surface area contributed by atoms with E-state index < -0.39 is 11.7 Å². The number of halogens is 3. The SMILES string of the molecule is CCNc1cc(C(F)(F)F)cc(-c2cccc(C)c2C)n1. The summed E-state index contributed by atoms with van der Waals surface area (Å²) in [5.74, 6) is 0.239. The molecule has 2 rings (SSSR count). The van der Waals surface area contributed by atoms with Gasteiger partial charge in [-0.2, -0.15) is 13.2 Å². The minimum absolute atomic E-state index is 0.239. The zero-order valence-electron chi connectivity index (χ0n) is 12.2. The highest BCUT2D eigenvalue weighted by molar-refractivity contribution is 5.67. The van der Waals surface area contributed by atoms with E-state index in [1.165, 1.54) is 0 Å². The Morgan fingerprint density at radius 2 is 1.86 bits per heavy atom. The zero-order valence-corrected chi connectivity index (χ0v) is 12.2. The van der Waals surface area contributed by atoms with Crippen LogP contribution in [0.4, 0.5) is 19.0 Å². The number of nitrogens with one attached hydrogen (secondary N) is 1. The number of benzene rings is 1. The minimum Gasteiger partial charge on any atom is -0.370 e. The van der Waals surface area contributed by atoms with Crippen LogP contribution >= 0.6 is 0 Å². The van der Waals surface area contributed by atoms with Crippen LogP contribution < -0.4 is 5.32 Å². The van der Waals surface area contributed by atoms with Crippen molar-refractivity contribution in [2.45, 2.75) is 26.9 Å². The standard InChI is InChI=1S/C16H17F3N2/c1-4-20-15-9-12(16(17,18)19)8-14(21-15)13-7-5-6-10(2)11(13)3/h5-9H,4H2,1-3H3,(H,20,21). The number of hydrogen-bond acceptors (Lipinski definition) is 2. The van der Waals surface area contributed by atoms with Gasteiger partial charge in [-0.1, -0.05) is 18.2 Å². The molecule has 0 unspecified atom stereocenters. The van der Waals surface area contributed by atoms with Crippen molar-refractivity contribution in [1.29, 1.82) is 0 Å². The lowest BCUT2D eigenvalue weighted by Gasteiger charge is -2.14. The molecule has 0 saturated heterocycles. The number of nitrogens with zero attached hydrogens (tertiary/aromatic N) is 1. The van der Waals surface area contributed by atoms with Gasteiger partial charge in [-0.05, 0) is 44.0 Å². The molecule has 0 saturated carbocycles. The van der Waals surface area contributed by atoms with Crippen molar-refractivity contribution in [2.75, 3.05) is 11.9 Å². The molecule has 21 heavy (non-hydrogen) atoms. The molecule has 0 aliphatic rings. The van der Waals surface area contributed by atoms with Gasteiger partial charge in [-0.15, -0.1) is 0 Å². The third-order valence-electron chi connectivity index (χ3n) is 3.39. The first-order valence-corrected chi connectivity index (χ1v) is 6.72. The van der Waals surface area contributed by atoms with E-state index in [-0.39, 0.29) is 5.82 Å². The van der Waals surface area contributed by atoms with E-state index in [9.17, 15) is 13.2 Å². The van der Waals surface area contributed by atoms with Crippen molar-refractivity contribution < 1.29 is 13.2 Å². The Morgan fingerprint density at radius 1 is 1.14 bits per heavy atom. The van der Waals surface area contributed by atoms with Crippen molar-refractivity contribution in [1.82, 2.24) is 4.98 Å². The summed E-state index contributed by atoms with van der Waals surface area (Å²) in [6.07, 6.45) is -4.39. The van der Waals surface area contributed by atoms with Crippen molar-refractivity contribution >= 4 is 5.82 Å². The van der Waals surface area contributed by atoms with E-state index >= 15 is 0 Å². The Bertz CT molecular complexity index is 648. The molecule has 0 bridgehead atoms. The first-order valence-electron chi connectivity index (χ1n) is 6.72. The summed E-state index contributed by atoms with van der Waals surface area (Å²) in [6.45, 7) is 6.15. The minimum atomic E-state index is -4.39. The third-order valence-corrected chi connectivity index (χ3v) is 3.39. The first-order chi connectivity index (χ1) is 9.82. The molecule has 5 heteroatoms. The topological polar surface area (TPSA) is 24.9 Å². The number of anilines is 1. The molecular formula is C16H17F3N2. The molecule has 1 heterocycles. The summed E-state index contributed by atoms with van der Waals surface area (Å²) >= 11 is 0. The predicted molar refractivity (Wildman–Crippen MR) is 78.3 cm³/mol. The van der Waals surface area contributed by atoms with Gasteiger partial charge in [0.1, 0.15) is 5.82 Å². The van der Waals surface area contributed by atoms with Gasteiger partial charge < -0.3 is 5.32 Å². The van der Waals surface area contributed by atoms with Crippen LogP contribution in [-0.2, 0) is 6.18 Å². The highest BCUT2D eigenvalue weighted by Crippen LogP contribution is 2.34. The summed E-state index contributed by atoms with van der Waals surface area (Å²) in [7, 11) is 0. The average Bonchev–Trinajstić information content (AvgIpc) is 2.41. The Balaban J connectivity index is 2.62. The fraction of sp³-hybridized carbons (Fsp3) is 0.312. The van der Waals surface area contributed by atoms with Gasteiger partial charge in [0.25, 0.3) is 0 Å². The summed E-state index contributed by atoms with van der Waals surface area (Å²) in [4.78, 5) is 4.30. The molecule has 0 aliphatic heterocycles. The normalized spacial score (nSPS) is 11.5. The molecule has 0 fully saturated rings. The summed E-state index contributed by atoms with van der Waals surface area (Å²) < 4.78 is 39.1. The maximum Gasteiger partial charge on any atom is 0.416 e. The van der Waals surface area contributed by atoms with Crippen LogP contribution in [0.3, 0.4) is 0 Å². The van der Waals surface area contributed by atoms with Crippen LogP contribution in [0.2, 0.25) is 0 Å². The molecule has 0 spiro atoms. The fourth-order valence-electron chi connectivity index (χ4n) is 2.13. The van der Waals surface area contributed by atoms with Gasteiger partial charge in [-0.3, -0.25) is 0 Å². The van der Waals surface area contributed by atoms with Crippen LogP contribution in [0.1, 0.15) is 23.6 Å². The van der Waals surface area contributed by atoms with Gasteiger partial charge in [0.15, 0.2) is 0 Å². The van der Waals surface area contributed by atoms with Crippen LogP contribution in [0, 0.1) is 13.8 Å². The van der Waals surface area contributed by atoms with Crippen LogP contribution in [0.25, 0.3) is 11.3 Å². The molecule has 1 aromatic carbocycles. The van der Waals surface area contributed by atoms with E-state index in [1.807, 2.05) is 32.9 Å². The number of rotatable bonds is 3. The van der Waals surface area contributed by atoms with Gasteiger partial charge in [0.05, 0.1) is 11.3 Å². The zero-order chi connectivity index (χ0) is 15.6. The third kappa shape index (κ3) is 3.35. The molecule has 0 atom stereocenters. The smallest absolute Gasteiger partial charge is 0.370 e. The van der Waals surface area contributed by atoms with Crippen LogP contribution in [0.5, 0.6) is 0 Å². The van der Waals surface area contributed by atoms with Gasteiger partial charge in [0.2, 0.25) is 0 Å². The highest BCUT2D eigenvalue weighted by atomic mass is 19.4. The van der Waals surface area contributed by atoms with E-state index in [4.69, 9.17) is 0 Å². The lowest BCUT2D eigenvalue weighted by molar-refractivity contribution is -0.137. The molecule has 112 valence electrons. The molecular weight excluding hydrogens is 277 g/mol. The Morgan fingerprint density at radius 3 is 2.48 bits per heavy atom. The van der Waals surface area contributed by atoms with Crippen molar-refractivity contribution in [3.05, 3.63) is 47.0 Å². The second-order valence-electron chi connectivity index (χ2n) is 4.90. The maximum atomic E-state index is 13.0. The largest absolute Gasteiger partial charge is 0.416 e. The number of alkyl halides is 3. The number of aromatic nitrogens is 1. The lowest BCUT2D eigenvalue weighted by atomic mass is 9.99. The van der Waals surface area contributed by atoms with E-state index in [0.29, 0.717) is 12.2 Å². The predicted octanol–water partition coefficient (Wildman–Crippen LogP) is 4.82. The molecule has 1 N–H and O–H groups in total. The second kappa shape index (κ2) is 5.76. The molecule has 0 amide bonds. The monoisotopic (exact) mass is 294 g/mol. The molecule has 2 nitrogen and oxygen atoms in total. The highest BCUT2D eigenvalue weighted by Gasteiger charge is 2.31. The summed E-state index contributed by atoms with van der Waals surface area (Å²) in [5.41, 5.74) is 2.33. The summed E-state index contributed by atoms with van der Waals surface area (Å²) in [5, 5.41) is 2.85. The van der Waals surface area contributed by atoms with Gasteiger partial charge >= 0.3 is 6.18 Å². The maximum absolute atomic E-state index is 13.0. The summed E-state index contributed by atoms with van der Waals surface area (Å²) in [6, 6.07) is 7.69. The van der Waals surface area contributed by atoms with Crippen LogP contribution in [0.15, 0.2) is 30.3 Å². The molecule has 0 aliphatic carbocycles. The molecule has 2 aromatic rings. The fourth-order valence-corrected chi connectivity index (χ4v) is 2.13. The second-order valence-corrected chi connectivity index (χ2v) is 4.90. The number of aryl methyl sites for hydroxylation is 1. The Hall–Kier alpha value is -2.04. The van der Waals surface area contributed by atoms with Crippen LogP contribution in [-0.4, -0.2) is 11.5 Å².